The van der Waals surface area contributed by atoms with Crippen LogP contribution < -0.4 is 11.1 Å². The molecule has 5 nitrogen and oxygen atoms in total. The number of nitrogens with zero attached hydrogens (tertiary/aromatic N) is 2. The van der Waals surface area contributed by atoms with Crippen LogP contribution in [0.3, 0.4) is 0 Å². The first-order valence-electron chi connectivity index (χ1n) is 4.75. The van der Waals surface area contributed by atoms with Gasteiger partial charge in [0.05, 0.1) is 16.8 Å². The van der Waals surface area contributed by atoms with Crippen molar-refractivity contribution < 1.29 is 4.79 Å². The molecule has 0 saturated heterocycles. The van der Waals surface area contributed by atoms with Crippen LogP contribution in [-0.4, -0.2) is 15.7 Å². The molecule has 3 N–H and O–H groups in total. The van der Waals surface area contributed by atoms with Crippen molar-refractivity contribution in [3.63, 3.8) is 0 Å². The molecule has 0 bridgehead atoms. The lowest BCUT2D eigenvalue weighted by atomic mass is 10.3. The molecule has 0 radical (unpaired) electrons. The minimum absolute atomic E-state index is 0.150. The van der Waals surface area contributed by atoms with Crippen molar-refractivity contribution in [2.75, 3.05) is 5.73 Å². The van der Waals surface area contributed by atoms with Gasteiger partial charge in [-0.3, -0.25) is 9.48 Å². The maximum atomic E-state index is 11.7. The van der Waals surface area contributed by atoms with Gasteiger partial charge in [-0.25, -0.2) is 0 Å². The largest absolute Gasteiger partial charge is 0.390 e. The number of hydrogen-bond donors (Lipinski definition) is 2. The average molecular weight is 236 g/mol. The van der Waals surface area contributed by atoms with Gasteiger partial charge in [0.25, 0.3) is 5.91 Å². The summed E-state index contributed by atoms with van der Waals surface area (Å²) in [6.07, 6.45) is 3.58. The Kier molecular flexibility index (Phi) is 2.91. The van der Waals surface area contributed by atoms with Crippen molar-refractivity contribution in [1.29, 1.82) is 0 Å². The van der Waals surface area contributed by atoms with Crippen LogP contribution in [0.1, 0.15) is 15.9 Å². The maximum absolute atomic E-state index is 11.7. The molecule has 16 heavy (non-hydrogen) atoms. The maximum Gasteiger partial charge on any atom is 0.254 e. The smallest absolute Gasteiger partial charge is 0.254 e. The Bertz CT molecular complexity index is 502. The lowest BCUT2D eigenvalue weighted by molar-refractivity contribution is 0.0952. The highest BCUT2D eigenvalue weighted by molar-refractivity contribution is 7.14. The first kappa shape index (κ1) is 10.7. The number of rotatable bonds is 3. The zero-order chi connectivity index (χ0) is 11.5. The average Bonchev–Trinajstić information content (AvgIpc) is 2.84. The quantitative estimate of drug-likeness (QED) is 0.834. The summed E-state index contributed by atoms with van der Waals surface area (Å²) >= 11 is 1.36. The third-order valence-electron chi connectivity index (χ3n) is 2.15. The molecule has 0 fully saturated rings. The van der Waals surface area contributed by atoms with Crippen LogP contribution in [0.25, 0.3) is 0 Å². The third kappa shape index (κ3) is 2.22. The van der Waals surface area contributed by atoms with Crippen molar-refractivity contribution in [2.24, 2.45) is 7.05 Å². The van der Waals surface area contributed by atoms with Crippen LogP contribution in [0.15, 0.2) is 23.8 Å². The highest BCUT2D eigenvalue weighted by Crippen LogP contribution is 2.18. The minimum atomic E-state index is -0.150. The Balaban J connectivity index is 1.96. The predicted octanol–water partition coefficient (Wildman–Crippen LogP) is 0.994. The number of nitrogen functional groups attached to an aromatic ring is 1. The normalized spacial score (nSPS) is 10.3. The second-order valence-corrected chi connectivity index (χ2v) is 4.35. The number of aromatic nitrogens is 2. The van der Waals surface area contributed by atoms with Gasteiger partial charge in [-0.1, -0.05) is 0 Å². The highest BCUT2D eigenvalue weighted by atomic mass is 32.1. The van der Waals surface area contributed by atoms with E-state index < -0.39 is 0 Å². The Morgan fingerprint density at radius 2 is 2.50 bits per heavy atom. The molecule has 2 rings (SSSR count). The molecule has 0 aliphatic carbocycles. The number of nitrogens with two attached hydrogens (primary N) is 1. The summed E-state index contributed by atoms with van der Waals surface area (Å²) in [5.74, 6) is -0.150. The number of aryl methyl sites for hydroxylation is 1. The highest BCUT2D eigenvalue weighted by Gasteiger charge is 2.10. The summed E-state index contributed by atoms with van der Waals surface area (Å²) < 4.78 is 1.69. The Morgan fingerprint density at radius 1 is 1.69 bits per heavy atom. The fourth-order valence-corrected chi connectivity index (χ4v) is 1.99. The number of anilines is 1. The molecule has 6 heteroatoms. The number of thiophene rings is 1. The summed E-state index contributed by atoms with van der Waals surface area (Å²) in [7, 11) is 1.84. The van der Waals surface area contributed by atoms with E-state index in [-0.39, 0.29) is 5.91 Å². The van der Waals surface area contributed by atoms with Gasteiger partial charge < -0.3 is 11.1 Å². The molecule has 2 aromatic heterocycles. The van der Waals surface area contributed by atoms with Crippen LogP contribution >= 0.6 is 11.3 Å². The first-order valence-corrected chi connectivity index (χ1v) is 5.63. The number of carbonyl (C=O) groups is 1. The van der Waals surface area contributed by atoms with Crippen LogP contribution in [0.5, 0.6) is 0 Å². The zero-order valence-electron chi connectivity index (χ0n) is 8.80. The van der Waals surface area contributed by atoms with E-state index >= 15 is 0 Å². The van der Waals surface area contributed by atoms with Crippen molar-refractivity contribution in [3.8, 4) is 0 Å². The van der Waals surface area contributed by atoms with Crippen LogP contribution in [0.4, 0.5) is 5.00 Å². The van der Waals surface area contributed by atoms with E-state index in [1.165, 1.54) is 11.3 Å². The Hall–Kier alpha value is -1.82. The van der Waals surface area contributed by atoms with E-state index in [9.17, 15) is 4.79 Å². The molecule has 0 spiro atoms. The fourth-order valence-electron chi connectivity index (χ4n) is 1.35. The SMILES string of the molecule is Cn1cc(CNC(=O)c2ccsc2N)cn1. The van der Waals surface area contributed by atoms with E-state index in [0.717, 1.165) is 5.56 Å². The molecular formula is C10H12N4OS. The number of amides is 1. The lowest BCUT2D eigenvalue weighted by Gasteiger charge is -2.02. The monoisotopic (exact) mass is 236 g/mol. The van der Waals surface area contributed by atoms with Crippen molar-refractivity contribution in [2.45, 2.75) is 6.54 Å². The predicted molar refractivity (Wildman–Crippen MR) is 63.1 cm³/mol. The first-order chi connectivity index (χ1) is 7.66. The number of carbonyl (C=O) groups excluding carboxylic acids is 1. The van der Waals surface area contributed by atoms with Gasteiger partial charge in [0, 0.05) is 25.4 Å². The standard InChI is InChI=1S/C10H12N4OS/c1-14-6-7(5-13-14)4-12-10(15)8-2-3-16-9(8)11/h2-3,5-6H,4,11H2,1H3,(H,12,15). The molecule has 0 aliphatic heterocycles. The molecule has 2 aromatic rings. The van der Waals surface area contributed by atoms with Crippen molar-refractivity contribution >= 4 is 22.2 Å². The Labute approximate surface area is 96.9 Å². The molecule has 0 saturated carbocycles. The van der Waals surface area contributed by atoms with E-state index in [4.69, 9.17) is 5.73 Å². The fraction of sp³-hybridized carbons (Fsp3) is 0.200. The minimum Gasteiger partial charge on any atom is -0.390 e. The van der Waals surface area contributed by atoms with Crippen molar-refractivity contribution in [3.05, 3.63) is 35.0 Å². The third-order valence-corrected chi connectivity index (χ3v) is 2.90. The summed E-state index contributed by atoms with van der Waals surface area (Å²) in [5, 5.41) is 9.15. The zero-order valence-corrected chi connectivity index (χ0v) is 9.62. The van der Waals surface area contributed by atoms with E-state index in [0.29, 0.717) is 17.1 Å². The molecule has 1 amide bonds. The summed E-state index contributed by atoms with van der Waals surface area (Å²) in [5.41, 5.74) is 7.15. The molecule has 0 aromatic carbocycles. The topological polar surface area (TPSA) is 72.9 Å². The molecule has 0 atom stereocenters. The van der Waals surface area contributed by atoms with Gasteiger partial charge >= 0.3 is 0 Å². The van der Waals surface area contributed by atoms with Crippen molar-refractivity contribution in [1.82, 2.24) is 15.1 Å². The van der Waals surface area contributed by atoms with E-state index in [1.807, 2.05) is 13.2 Å². The molecule has 84 valence electrons. The number of nitrogens with one attached hydrogen (secondary N) is 1. The molecular weight excluding hydrogens is 224 g/mol. The van der Waals surface area contributed by atoms with Gasteiger partial charge in [0.2, 0.25) is 0 Å². The van der Waals surface area contributed by atoms with Crippen LogP contribution in [0.2, 0.25) is 0 Å². The lowest BCUT2D eigenvalue weighted by Crippen LogP contribution is -2.22. The van der Waals surface area contributed by atoms with Gasteiger partial charge in [-0.2, -0.15) is 5.10 Å². The summed E-state index contributed by atoms with van der Waals surface area (Å²) in [6, 6.07) is 1.72. The molecule has 0 aliphatic rings. The second-order valence-electron chi connectivity index (χ2n) is 3.40. The Morgan fingerprint density at radius 3 is 3.06 bits per heavy atom. The summed E-state index contributed by atoms with van der Waals surface area (Å²) in [6.45, 7) is 0.460. The van der Waals surface area contributed by atoms with Gasteiger partial charge in [0.1, 0.15) is 0 Å². The number of hydrogen-bond acceptors (Lipinski definition) is 4. The van der Waals surface area contributed by atoms with Crippen LogP contribution in [0, 0.1) is 0 Å². The van der Waals surface area contributed by atoms with Gasteiger partial charge in [-0.15, -0.1) is 11.3 Å². The van der Waals surface area contributed by atoms with E-state index in [2.05, 4.69) is 10.4 Å². The van der Waals surface area contributed by atoms with E-state index in [1.54, 1.807) is 22.3 Å². The molecule has 2 heterocycles. The molecule has 0 unspecified atom stereocenters. The second kappa shape index (κ2) is 4.36. The summed E-state index contributed by atoms with van der Waals surface area (Å²) in [4.78, 5) is 11.7. The van der Waals surface area contributed by atoms with Gasteiger partial charge in [-0.05, 0) is 11.4 Å². The van der Waals surface area contributed by atoms with Crippen LogP contribution in [-0.2, 0) is 13.6 Å². The van der Waals surface area contributed by atoms with Gasteiger partial charge in [0.15, 0.2) is 0 Å².